The molecule has 0 aliphatic heterocycles. The number of thiophene rings is 1. The van der Waals surface area contributed by atoms with E-state index in [4.69, 9.17) is 0 Å². The van der Waals surface area contributed by atoms with Crippen LogP contribution in [-0.2, 0) is 22.3 Å². The molecule has 1 aromatic carbocycles. The summed E-state index contributed by atoms with van der Waals surface area (Å²) in [5.74, 6) is -2.09. The van der Waals surface area contributed by atoms with E-state index in [1.165, 1.54) is 11.3 Å². The molecular formula is C16H14F2N2O2S3. The Kier molecular flexibility index (Phi) is 5.28. The fraction of sp³-hybridized carbons (Fsp3) is 0.188. The van der Waals surface area contributed by atoms with Gasteiger partial charge in [0.2, 0.25) is 10.0 Å². The topological polar surface area (TPSA) is 59.1 Å². The van der Waals surface area contributed by atoms with Crippen molar-refractivity contribution in [2.24, 2.45) is 0 Å². The Morgan fingerprint density at radius 3 is 2.56 bits per heavy atom. The minimum atomic E-state index is -3.73. The minimum absolute atomic E-state index is 0.0605. The average Bonchev–Trinajstić information content (AvgIpc) is 3.13. The second-order valence-corrected chi connectivity index (χ2v) is 9.20. The van der Waals surface area contributed by atoms with Crippen molar-refractivity contribution in [3.05, 3.63) is 63.5 Å². The summed E-state index contributed by atoms with van der Waals surface area (Å²) in [5.41, 5.74) is 0.818. The monoisotopic (exact) mass is 400 g/mol. The van der Waals surface area contributed by atoms with E-state index in [-0.39, 0.29) is 12.1 Å². The number of thiazole rings is 1. The van der Waals surface area contributed by atoms with Gasteiger partial charge in [0.1, 0.15) is 16.6 Å². The number of aryl methyl sites for hydroxylation is 1. The minimum Gasteiger partial charge on any atom is -0.240 e. The SMILES string of the molecule is Cc1nc(-c2cccs2)sc1CNS(=O)(=O)Cc1cc(F)cc(F)c1. The van der Waals surface area contributed by atoms with Crippen LogP contribution >= 0.6 is 22.7 Å². The van der Waals surface area contributed by atoms with Crippen LogP contribution in [0.3, 0.4) is 0 Å². The largest absolute Gasteiger partial charge is 0.240 e. The Morgan fingerprint density at radius 2 is 1.92 bits per heavy atom. The van der Waals surface area contributed by atoms with Gasteiger partial charge in [-0.25, -0.2) is 26.9 Å². The van der Waals surface area contributed by atoms with Crippen molar-refractivity contribution >= 4 is 32.7 Å². The summed E-state index contributed by atoms with van der Waals surface area (Å²) in [6, 6.07) is 6.60. The van der Waals surface area contributed by atoms with Crippen molar-refractivity contribution in [3.63, 3.8) is 0 Å². The number of rotatable bonds is 6. The van der Waals surface area contributed by atoms with Crippen molar-refractivity contribution in [2.45, 2.75) is 19.2 Å². The van der Waals surface area contributed by atoms with E-state index in [1.54, 1.807) is 11.3 Å². The molecule has 9 heteroatoms. The van der Waals surface area contributed by atoms with Gasteiger partial charge in [0.15, 0.2) is 0 Å². The summed E-state index contributed by atoms with van der Waals surface area (Å²) < 4.78 is 53.2. The van der Waals surface area contributed by atoms with Crippen LogP contribution in [-0.4, -0.2) is 13.4 Å². The second kappa shape index (κ2) is 7.28. The molecular weight excluding hydrogens is 386 g/mol. The molecule has 1 N–H and O–H groups in total. The highest BCUT2D eigenvalue weighted by molar-refractivity contribution is 7.88. The van der Waals surface area contributed by atoms with Gasteiger partial charge >= 0.3 is 0 Å². The van der Waals surface area contributed by atoms with Crippen LogP contribution in [0.1, 0.15) is 16.1 Å². The third kappa shape index (κ3) is 4.69. The van der Waals surface area contributed by atoms with Crippen LogP contribution in [0.2, 0.25) is 0 Å². The molecule has 4 nitrogen and oxygen atoms in total. The summed E-state index contributed by atoms with van der Waals surface area (Å²) in [5, 5.41) is 2.79. The van der Waals surface area contributed by atoms with E-state index in [0.717, 1.165) is 32.6 Å². The van der Waals surface area contributed by atoms with Gasteiger partial charge in [0.05, 0.1) is 16.3 Å². The molecule has 0 saturated heterocycles. The van der Waals surface area contributed by atoms with Gasteiger partial charge in [0, 0.05) is 17.5 Å². The van der Waals surface area contributed by atoms with Crippen LogP contribution in [0.15, 0.2) is 35.7 Å². The number of nitrogens with one attached hydrogen (secondary N) is 1. The first-order valence-corrected chi connectivity index (χ1v) is 10.6. The third-order valence-corrected chi connectivity index (χ3v) is 6.85. The summed E-state index contributed by atoms with van der Waals surface area (Å²) in [4.78, 5) is 6.28. The number of benzene rings is 1. The van der Waals surface area contributed by atoms with Gasteiger partial charge < -0.3 is 0 Å². The standard InChI is InChI=1S/C16H14F2N2O2S3/c1-10-15(24-16(20-10)14-3-2-4-23-14)8-19-25(21,22)9-11-5-12(17)7-13(18)6-11/h2-7,19H,8-9H2,1H3. The van der Waals surface area contributed by atoms with Gasteiger partial charge in [0.25, 0.3) is 0 Å². The molecule has 2 aromatic heterocycles. The van der Waals surface area contributed by atoms with Crippen LogP contribution in [0.25, 0.3) is 9.88 Å². The smallest absolute Gasteiger partial charge is 0.216 e. The lowest BCUT2D eigenvalue weighted by Gasteiger charge is -2.06. The second-order valence-electron chi connectivity index (χ2n) is 5.36. The Hall–Kier alpha value is -1.68. The Morgan fingerprint density at radius 1 is 1.20 bits per heavy atom. The third-order valence-electron chi connectivity index (χ3n) is 3.36. The number of hydrogen-bond donors (Lipinski definition) is 1. The zero-order valence-electron chi connectivity index (χ0n) is 13.1. The molecule has 3 aromatic rings. The van der Waals surface area contributed by atoms with Crippen molar-refractivity contribution in [2.75, 3.05) is 0 Å². The molecule has 0 radical (unpaired) electrons. The number of hydrogen-bond acceptors (Lipinski definition) is 5. The number of halogens is 2. The molecule has 0 aliphatic carbocycles. The molecule has 0 atom stereocenters. The van der Waals surface area contributed by atoms with Crippen molar-refractivity contribution < 1.29 is 17.2 Å². The highest BCUT2D eigenvalue weighted by Crippen LogP contribution is 2.31. The van der Waals surface area contributed by atoms with E-state index in [2.05, 4.69) is 9.71 Å². The van der Waals surface area contributed by atoms with Crippen LogP contribution < -0.4 is 4.72 Å². The fourth-order valence-corrected chi connectivity index (χ4v) is 5.20. The predicted octanol–water partition coefficient (Wildman–Crippen LogP) is 4.08. The van der Waals surface area contributed by atoms with Gasteiger partial charge in [-0.05, 0) is 36.1 Å². The molecule has 0 saturated carbocycles. The maximum Gasteiger partial charge on any atom is 0.216 e. The molecule has 0 aliphatic rings. The lowest BCUT2D eigenvalue weighted by atomic mass is 10.2. The highest BCUT2D eigenvalue weighted by atomic mass is 32.2. The van der Waals surface area contributed by atoms with E-state index in [9.17, 15) is 17.2 Å². The first-order valence-electron chi connectivity index (χ1n) is 7.25. The summed E-state index contributed by atoms with van der Waals surface area (Å²) in [6.07, 6.45) is 0. The van der Waals surface area contributed by atoms with Gasteiger partial charge in [-0.15, -0.1) is 22.7 Å². The summed E-state index contributed by atoms with van der Waals surface area (Å²) in [7, 11) is -3.73. The maximum atomic E-state index is 13.2. The highest BCUT2D eigenvalue weighted by Gasteiger charge is 2.16. The molecule has 0 spiro atoms. The molecule has 0 fully saturated rings. The van der Waals surface area contributed by atoms with Crippen molar-refractivity contribution in [3.8, 4) is 9.88 Å². The number of aromatic nitrogens is 1. The normalized spacial score (nSPS) is 11.8. The molecule has 25 heavy (non-hydrogen) atoms. The number of sulfonamides is 1. The van der Waals surface area contributed by atoms with E-state index in [0.29, 0.717) is 6.07 Å². The number of nitrogens with zero attached hydrogens (tertiary/aromatic N) is 1. The molecule has 132 valence electrons. The fourth-order valence-electron chi connectivity index (χ4n) is 2.24. The molecule has 3 rings (SSSR count). The van der Waals surface area contributed by atoms with Gasteiger partial charge in [-0.1, -0.05) is 6.07 Å². The van der Waals surface area contributed by atoms with Gasteiger partial charge in [-0.2, -0.15) is 0 Å². The van der Waals surface area contributed by atoms with E-state index in [1.807, 2.05) is 24.4 Å². The molecule has 0 amide bonds. The Balaban J connectivity index is 1.70. The Labute approximate surface area is 152 Å². The van der Waals surface area contributed by atoms with Crippen molar-refractivity contribution in [1.29, 1.82) is 0 Å². The first kappa shape index (κ1) is 18.1. The molecule has 2 heterocycles. The Bertz CT molecular complexity index is 963. The van der Waals surface area contributed by atoms with Gasteiger partial charge in [-0.3, -0.25) is 0 Å². The zero-order chi connectivity index (χ0) is 18.0. The average molecular weight is 400 g/mol. The van der Waals surface area contributed by atoms with Crippen LogP contribution in [0, 0.1) is 18.6 Å². The maximum absolute atomic E-state index is 13.2. The lowest BCUT2D eigenvalue weighted by Crippen LogP contribution is -2.24. The summed E-state index contributed by atoms with van der Waals surface area (Å²) in [6.45, 7) is 1.91. The predicted molar refractivity (Wildman–Crippen MR) is 96.0 cm³/mol. The van der Waals surface area contributed by atoms with Crippen LogP contribution in [0.4, 0.5) is 8.78 Å². The molecule has 0 bridgehead atoms. The first-order chi connectivity index (χ1) is 11.8. The van der Waals surface area contributed by atoms with E-state index >= 15 is 0 Å². The van der Waals surface area contributed by atoms with Crippen LogP contribution in [0.5, 0.6) is 0 Å². The molecule has 0 unspecified atom stereocenters. The van der Waals surface area contributed by atoms with E-state index < -0.39 is 27.4 Å². The lowest BCUT2D eigenvalue weighted by molar-refractivity contribution is 0.574. The quantitative estimate of drug-likeness (QED) is 0.678. The zero-order valence-corrected chi connectivity index (χ0v) is 15.6. The summed E-state index contributed by atoms with van der Waals surface area (Å²) >= 11 is 2.99. The van der Waals surface area contributed by atoms with Crippen molar-refractivity contribution in [1.82, 2.24) is 9.71 Å².